The number of carbonyl (C=O) groups is 1. The molecule has 1 aromatic rings. The van der Waals surface area contributed by atoms with Crippen molar-refractivity contribution in [2.45, 2.75) is 18.9 Å². The Morgan fingerprint density at radius 2 is 2.10 bits per heavy atom. The number of anilines is 1. The third-order valence-electron chi connectivity index (χ3n) is 4.47. The van der Waals surface area contributed by atoms with Gasteiger partial charge in [-0.15, -0.1) is 0 Å². The molecule has 3 N–H and O–H groups in total. The zero-order valence-electron chi connectivity index (χ0n) is 11.6. The van der Waals surface area contributed by atoms with Crippen molar-refractivity contribution in [1.82, 2.24) is 10.2 Å². The number of nitrogens with one attached hydrogen (secondary N) is 1. The Morgan fingerprint density at radius 1 is 1.38 bits per heavy atom. The molecule has 3 aliphatic heterocycles. The third kappa shape index (κ3) is 2.56. The van der Waals surface area contributed by atoms with Gasteiger partial charge in [0.2, 0.25) is 0 Å². The minimum Gasteiger partial charge on any atom is -0.393 e. The summed E-state index contributed by atoms with van der Waals surface area (Å²) in [5.74, 6) is 0.0619. The number of carbonyl (C=O) groups excluding carboxylic acids is 1. The van der Waals surface area contributed by atoms with Crippen LogP contribution in [0.3, 0.4) is 0 Å². The molecule has 0 aromatic heterocycles. The predicted octanol–water partition coefficient (Wildman–Crippen LogP) is 1.00. The van der Waals surface area contributed by atoms with E-state index in [4.69, 9.17) is 5.73 Å². The number of rotatable bonds is 3. The number of amides is 1. The van der Waals surface area contributed by atoms with Crippen LogP contribution < -0.4 is 11.1 Å². The van der Waals surface area contributed by atoms with Gasteiger partial charge in [-0.3, -0.25) is 14.9 Å². The van der Waals surface area contributed by atoms with Crippen molar-refractivity contribution >= 4 is 17.3 Å². The number of fused-ring (bicyclic) bond motifs is 3. The van der Waals surface area contributed by atoms with Crippen LogP contribution in [0.15, 0.2) is 18.2 Å². The van der Waals surface area contributed by atoms with Crippen LogP contribution >= 0.6 is 0 Å². The molecule has 7 heteroatoms. The van der Waals surface area contributed by atoms with Crippen LogP contribution in [0.25, 0.3) is 0 Å². The molecule has 1 aromatic carbocycles. The normalized spacial score (nSPS) is 27.3. The molecule has 0 aliphatic carbocycles. The molecule has 3 aliphatic rings. The van der Waals surface area contributed by atoms with Crippen molar-refractivity contribution in [3.63, 3.8) is 0 Å². The fourth-order valence-corrected chi connectivity index (χ4v) is 3.32. The van der Waals surface area contributed by atoms with Crippen LogP contribution in [-0.4, -0.2) is 41.4 Å². The van der Waals surface area contributed by atoms with Gasteiger partial charge in [-0.05, 0) is 44.0 Å². The zero-order valence-corrected chi connectivity index (χ0v) is 11.6. The van der Waals surface area contributed by atoms with Crippen molar-refractivity contribution in [3.05, 3.63) is 33.9 Å². The first-order valence-corrected chi connectivity index (χ1v) is 7.12. The van der Waals surface area contributed by atoms with Gasteiger partial charge >= 0.3 is 5.69 Å². The zero-order chi connectivity index (χ0) is 15.0. The molecule has 1 amide bonds. The lowest BCUT2D eigenvalue weighted by Gasteiger charge is -2.44. The summed E-state index contributed by atoms with van der Waals surface area (Å²) < 4.78 is 0. The van der Waals surface area contributed by atoms with Crippen molar-refractivity contribution in [1.29, 1.82) is 0 Å². The number of nitrogen functional groups attached to an aromatic ring is 1. The fourth-order valence-electron chi connectivity index (χ4n) is 3.32. The first kappa shape index (κ1) is 13.8. The van der Waals surface area contributed by atoms with Crippen LogP contribution in [0, 0.1) is 16.0 Å². The molecule has 0 spiro atoms. The Hall–Kier alpha value is -2.15. The monoisotopic (exact) mass is 290 g/mol. The summed E-state index contributed by atoms with van der Waals surface area (Å²) in [6, 6.07) is 4.52. The van der Waals surface area contributed by atoms with E-state index in [0.29, 0.717) is 5.92 Å². The Morgan fingerprint density at radius 3 is 2.67 bits per heavy atom. The van der Waals surface area contributed by atoms with E-state index in [1.165, 1.54) is 12.1 Å². The van der Waals surface area contributed by atoms with Gasteiger partial charge in [0.15, 0.2) is 0 Å². The lowest BCUT2D eigenvalue weighted by atomic mass is 9.84. The molecule has 3 fully saturated rings. The van der Waals surface area contributed by atoms with Gasteiger partial charge < -0.3 is 16.0 Å². The molecule has 2 bridgehead atoms. The van der Waals surface area contributed by atoms with Crippen LogP contribution in [0.5, 0.6) is 0 Å². The van der Waals surface area contributed by atoms with E-state index in [-0.39, 0.29) is 23.0 Å². The molecule has 3 heterocycles. The van der Waals surface area contributed by atoms with Gasteiger partial charge in [0.25, 0.3) is 5.91 Å². The van der Waals surface area contributed by atoms with E-state index in [2.05, 4.69) is 10.2 Å². The summed E-state index contributed by atoms with van der Waals surface area (Å²) in [5.41, 5.74) is 5.37. The molecule has 3 saturated heterocycles. The molecule has 4 rings (SSSR count). The van der Waals surface area contributed by atoms with E-state index in [1.54, 1.807) is 6.07 Å². The number of para-hydroxylation sites is 1. The van der Waals surface area contributed by atoms with Crippen LogP contribution in [-0.2, 0) is 0 Å². The number of hydrogen-bond donors (Lipinski definition) is 2. The summed E-state index contributed by atoms with van der Waals surface area (Å²) >= 11 is 0. The molecule has 21 heavy (non-hydrogen) atoms. The average Bonchev–Trinajstić information content (AvgIpc) is 2.47. The lowest BCUT2D eigenvalue weighted by molar-refractivity contribution is -0.384. The number of nitrogens with two attached hydrogens (primary N) is 1. The topological polar surface area (TPSA) is 102 Å². The first-order chi connectivity index (χ1) is 10.1. The molecule has 7 nitrogen and oxygen atoms in total. The van der Waals surface area contributed by atoms with Crippen LogP contribution in [0.2, 0.25) is 0 Å². The van der Waals surface area contributed by atoms with E-state index in [1.807, 2.05) is 0 Å². The Kier molecular flexibility index (Phi) is 3.50. The first-order valence-electron chi connectivity index (χ1n) is 7.12. The second-order valence-electron chi connectivity index (χ2n) is 5.72. The maximum Gasteiger partial charge on any atom is 0.304 e. The van der Waals surface area contributed by atoms with Crippen molar-refractivity contribution in [2.75, 3.05) is 25.4 Å². The molecule has 1 unspecified atom stereocenters. The Bertz CT molecular complexity index is 582. The molecular formula is C14H18N4O3. The van der Waals surface area contributed by atoms with E-state index >= 15 is 0 Å². The largest absolute Gasteiger partial charge is 0.393 e. The highest BCUT2D eigenvalue weighted by molar-refractivity contribution is 6.00. The number of benzene rings is 1. The highest BCUT2D eigenvalue weighted by Crippen LogP contribution is 2.29. The summed E-state index contributed by atoms with van der Waals surface area (Å²) in [6.45, 7) is 2.98. The van der Waals surface area contributed by atoms with Gasteiger partial charge in [0.1, 0.15) is 11.3 Å². The van der Waals surface area contributed by atoms with E-state index < -0.39 is 10.8 Å². The van der Waals surface area contributed by atoms with Gasteiger partial charge in [-0.25, -0.2) is 0 Å². The Labute approximate surface area is 122 Å². The van der Waals surface area contributed by atoms with Crippen molar-refractivity contribution in [2.24, 2.45) is 5.92 Å². The second kappa shape index (κ2) is 5.33. The van der Waals surface area contributed by atoms with Crippen molar-refractivity contribution < 1.29 is 9.72 Å². The average molecular weight is 290 g/mol. The lowest BCUT2D eigenvalue weighted by Crippen LogP contribution is -2.57. The Balaban J connectivity index is 1.80. The maximum absolute atomic E-state index is 12.4. The van der Waals surface area contributed by atoms with Gasteiger partial charge in [-0.2, -0.15) is 0 Å². The standard InChI is InChI=1S/C14H18N4O3/c15-11-3-1-2-10(13(11)18(20)21)14(19)16-12-8-17-6-4-9(12)5-7-17/h1-3,9,12H,4-8,15H2,(H,16,19). The third-order valence-corrected chi connectivity index (χ3v) is 4.47. The van der Waals surface area contributed by atoms with Gasteiger partial charge in [-0.1, -0.05) is 6.07 Å². The van der Waals surface area contributed by atoms with Gasteiger partial charge in [0.05, 0.1) is 4.92 Å². The minimum atomic E-state index is -0.596. The summed E-state index contributed by atoms with van der Waals surface area (Å²) in [7, 11) is 0. The highest BCUT2D eigenvalue weighted by Gasteiger charge is 2.36. The minimum absolute atomic E-state index is 0.0153. The van der Waals surface area contributed by atoms with Crippen LogP contribution in [0.4, 0.5) is 11.4 Å². The van der Waals surface area contributed by atoms with E-state index in [9.17, 15) is 14.9 Å². The molecule has 0 radical (unpaired) electrons. The maximum atomic E-state index is 12.4. The number of hydrogen-bond acceptors (Lipinski definition) is 5. The highest BCUT2D eigenvalue weighted by atomic mass is 16.6. The molecular weight excluding hydrogens is 272 g/mol. The van der Waals surface area contributed by atoms with Gasteiger partial charge in [0, 0.05) is 12.6 Å². The van der Waals surface area contributed by atoms with Crippen LogP contribution in [0.1, 0.15) is 23.2 Å². The van der Waals surface area contributed by atoms with Crippen molar-refractivity contribution in [3.8, 4) is 0 Å². The number of nitro groups is 1. The molecule has 112 valence electrons. The summed E-state index contributed by atoms with van der Waals surface area (Å²) in [6.07, 6.45) is 2.15. The summed E-state index contributed by atoms with van der Waals surface area (Å²) in [4.78, 5) is 25.2. The molecule has 1 atom stereocenters. The SMILES string of the molecule is Nc1cccc(C(=O)NC2CN3CCC2CC3)c1[N+](=O)[O-]. The van der Waals surface area contributed by atoms with E-state index in [0.717, 1.165) is 32.5 Å². The number of piperidine rings is 3. The summed E-state index contributed by atoms with van der Waals surface area (Å²) in [5, 5.41) is 14.1. The fraction of sp³-hybridized carbons (Fsp3) is 0.500. The molecule has 0 saturated carbocycles. The quantitative estimate of drug-likeness (QED) is 0.491. The second-order valence-corrected chi connectivity index (χ2v) is 5.72. The number of nitro benzene ring substituents is 1. The predicted molar refractivity (Wildman–Crippen MR) is 77.9 cm³/mol. The number of nitrogens with zero attached hydrogens (tertiary/aromatic N) is 2. The smallest absolute Gasteiger partial charge is 0.304 e.